The summed E-state index contributed by atoms with van der Waals surface area (Å²) in [5.41, 5.74) is 0. The van der Waals surface area contributed by atoms with Gasteiger partial charge in [0, 0.05) is 24.8 Å². The zero-order valence-corrected chi connectivity index (χ0v) is 14.3. The highest BCUT2D eigenvalue weighted by Gasteiger charge is 2.28. The Morgan fingerprint density at radius 2 is 1.68 bits per heavy atom. The number of halogens is 1. The Bertz CT molecular complexity index is 251. The third-order valence-electron chi connectivity index (χ3n) is 4.13. The highest BCUT2D eigenvalue weighted by atomic mass is 79.9. The van der Waals surface area contributed by atoms with Gasteiger partial charge in [0.2, 0.25) is 5.91 Å². The highest BCUT2D eigenvalue weighted by molar-refractivity contribution is 9.09. The zero-order valence-electron chi connectivity index (χ0n) is 12.7. The van der Waals surface area contributed by atoms with Gasteiger partial charge in [-0.05, 0) is 25.2 Å². The molecule has 112 valence electrons. The molecule has 1 aliphatic rings. The van der Waals surface area contributed by atoms with Gasteiger partial charge in [0.15, 0.2) is 0 Å². The van der Waals surface area contributed by atoms with Crippen LogP contribution in [0.3, 0.4) is 0 Å². The first-order chi connectivity index (χ1) is 9.13. The van der Waals surface area contributed by atoms with Gasteiger partial charge in [-0.1, -0.05) is 61.4 Å². The van der Waals surface area contributed by atoms with Crippen LogP contribution in [0.15, 0.2) is 0 Å². The molecular formula is C16H30BrNO. The van der Waals surface area contributed by atoms with Crippen LogP contribution in [0.5, 0.6) is 0 Å². The van der Waals surface area contributed by atoms with Crippen LogP contribution in [0.1, 0.15) is 71.1 Å². The molecule has 0 spiro atoms. The first kappa shape index (κ1) is 17.0. The van der Waals surface area contributed by atoms with Gasteiger partial charge in [0.05, 0.1) is 0 Å². The van der Waals surface area contributed by atoms with E-state index in [4.69, 9.17) is 0 Å². The molecule has 0 radical (unpaired) electrons. The summed E-state index contributed by atoms with van der Waals surface area (Å²) in [6.45, 7) is 3.20. The van der Waals surface area contributed by atoms with E-state index in [-0.39, 0.29) is 0 Å². The average Bonchev–Trinajstić information content (AvgIpc) is 2.35. The lowest BCUT2D eigenvalue weighted by Gasteiger charge is -2.34. The van der Waals surface area contributed by atoms with Gasteiger partial charge >= 0.3 is 0 Å². The fourth-order valence-electron chi connectivity index (χ4n) is 2.72. The number of unbranched alkanes of at least 4 members (excludes halogenated alkanes) is 6. The Morgan fingerprint density at radius 3 is 2.26 bits per heavy atom. The van der Waals surface area contributed by atoms with Crippen LogP contribution < -0.4 is 0 Å². The van der Waals surface area contributed by atoms with Crippen LogP contribution in [-0.2, 0) is 4.79 Å². The second kappa shape index (κ2) is 9.79. The number of alkyl halides is 1. The van der Waals surface area contributed by atoms with E-state index < -0.39 is 0 Å². The molecular weight excluding hydrogens is 302 g/mol. The number of nitrogens with zero attached hydrogens (tertiary/aromatic N) is 1. The molecule has 3 heteroatoms. The lowest BCUT2D eigenvalue weighted by molar-refractivity contribution is -0.130. The summed E-state index contributed by atoms with van der Waals surface area (Å²) < 4.78 is 0. The van der Waals surface area contributed by atoms with Crippen molar-refractivity contribution < 1.29 is 4.79 Å². The van der Waals surface area contributed by atoms with Gasteiger partial charge < -0.3 is 4.90 Å². The number of hydrogen-bond donors (Lipinski definition) is 0. The molecule has 0 aromatic rings. The molecule has 0 N–H and O–H groups in total. The maximum Gasteiger partial charge on any atom is 0.222 e. The van der Waals surface area contributed by atoms with E-state index in [9.17, 15) is 4.79 Å². The van der Waals surface area contributed by atoms with Crippen molar-refractivity contribution in [1.82, 2.24) is 4.90 Å². The van der Waals surface area contributed by atoms with E-state index in [2.05, 4.69) is 22.9 Å². The first-order valence-electron chi connectivity index (χ1n) is 8.01. The number of hydrogen-bond acceptors (Lipinski definition) is 1. The Balaban J connectivity index is 1.94. The van der Waals surface area contributed by atoms with Gasteiger partial charge in [0.25, 0.3) is 0 Å². The second-order valence-electron chi connectivity index (χ2n) is 6.08. The van der Waals surface area contributed by atoms with Gasteiger partial charge in [-0.2, -0.15) is 0 Å². The van der Waals surface area contributed by atoms with Crippen molar-refractivity contribution in [2.45, 2.75) is 76.0 Å². The fraction of sp³-hybridized carbons (Fsp3) is 0.938. The van der Waals surface area contributed by atoms with Crippen LogP contribution in [0.25, 0.3) is 0 Å². The first-order valence-corrected chi connectivity index (χ1v) is 8.93. The molecule has 1 rings (SSSR count). The SMILES string of the molecule is CCCCCCCCCC(=O)N(C)CC1CC(Br)C1. The van der Waals surface area contributed by atoms with Gasteiger partial charge in [-0.15, -0.1) is 0 Å². The molecule has 1 amide bonds. The summed E-state index contributed by atoms with van der Waals surface area (Å²) in [4.78, 5) is 14.6. The van der Waals surface area contributed by atoms with E-state index in [0.29, 0.717) is 10.7 Å². The van der Waals surface area contributed by atoms with Crippen molar-refractivity contribution >= 4 is 21.8 Å². The molecule has 0 aliphatic heterocycles. The monoisotopic (exact) mass is 331 g/mol. The molecule has 1 saturated carbocycles. The lowest BCUT2D eigenvalue weighted by atomic mass is 9.85. The Kier molecular flexibility index (Phi) is 8.76. The predicted molar refractivity (Wildman–Crippen MR) is 85.7 cm³/mol. The fourth-order valence-corrected chi connectivity index (χ4v) is 3.77. The normalized spacial score (nSPS) is 22.1. The minimum Gasteiger partial charge on any atom is -0.345 e. The number of rotatable bonds is 10. The zero-order chi connectivity index (χ0) is 14.1. The quantitative estimate of drug-likeness (QED) is 0.417. The summed E-state index contributed by atoms with van der Waals surface area (Å²) in [6, 6.07) is 0. The van der Waals surface area contributed by atoms with Gasteiger partial charge in [-0.25, -0.2) is 0 Å². The summed E-state index contributed by atoms with van der Waals surface area (Å²) in [6.07, 6.45) is 12.2. The maximum absolute atomic E-state index is 11.9. The van der Waals surface area contributed by atoms with E-state index in [1.807, 2.05) is 11.9 Å². The van der Waals surface area contributed by atoms with Crippen LogP contribution in [-0.4, -0.2) is 29.2 Å². The predicted octanol–water partition coefficient (Wildman–Crippen LogP) is 4.76. The van der Waals surface area contributed by atoms with E-state index in [0.717, 1.165) is 25.3 Å². The van der Waals surface area contributed by atoms with Crippen LogP contribution in [0, 0.1) is 5.92 Å². The molecule has 0 saturated heterocycles. The third kappa shape index (κ3) is 7.34. The van der Waals surface area contributed by atoms with E-state index in [1.165, 1.54) is 51.4 Å². The molecule has 0 aromatic carbocycles. The Labute approximate surface area is 127 Å². The number of amides is 1. The van der Waals surface area contributed by atoms with Crippen LogP contribution in [0.4, 0.5) is 0 Å². The maximum atomic E-state index is 11.9. The van der Waals surface area contributed by atoms with Crippen LogP contribution in [0.2, 0.25) is 0 Å². The van der Waals surface area contributed by atoms with E-state index >= 15 is 0 Å². The van der Waals surface area contributed by atoms with Gasteiger partial charge in [0.1, 0.15) is 0 Å². The largest absolute Gasteiger partial charge is 0.345 e. The average molecular weight is 332 g/mol. The van der Waals surface area contributed by atoms with E-state index in [1.54, 1.807) is 0 Å². The molecule has 0 bridgehead atoms. The van der Waals surface area contributed by atoms with Crippen LogP contribution >= 0.6 is 15.9 Å². The molecule has 1 aliphatic carbocycles. The smallest absolute Gasteiger partial charge is 0.222 e. The summed E-state index contributed by atoms with van der Waals surface area (Å²) in [5, 5.41) is 0. The number of carbonyl (C=O) groups is 1. The third-order valence-corrected chi connectivity index (χ3v) is 4.88. The molecule has 2 nitrogen and oxygen atoms in total. The van der Waals surface area contributed by atoms with Gasteiger partial charge in [-0.3, -0.25) is 4.79 Å². The van der Waals surface area contributed by atoms with Crippen molar-refractivity contribution in [2.75, 3.05) is 13.6 Å². The molecule has 0 aromatic heterocycles. The summed E-state index contributed by atoms with van der Waals surface area (Å²) in [7, 11) is 1.96. The van der Waals surface area contributed by atoms with Crippen molar-refractivity contribution in [2.24, 2.45) is 5.92 Å². The molecule has 1 fully saturated rings. The number of carbonyl (C=O) groups excluding carboxylic acids is 1. The minimum absolute atomic E-state index is 0.339. The lowest BCUT2D eigenvalue weighted by Crippen LogP contribution is -2.37. The topological polar surface area (TPSA) is 20.3 Å². The highest BCUT2D eigenvalue weighted by Crippen LogP contribution is 2.33. The Morgan fingerprint density at radius 1 is 1.11 bits per heavy atom. The van der Waals surface area contributed by atoms with Crippen molar-refractivity contribution in [3.63, 3.8) is 0 Å². The van der Waals surface area contributed by atoms with Crippen molar-refractivity contribution in [1.29, 1.82) is 0 Å². The van der Waals surface area contributed by atoms with Crippen molar-refractivity contribution in [3.05, 3.63) is 0 Å². The standard InChI is InChI=1S/C16H30BrNO/c1-3-4-5-6-7-8-9-10-16(19)18(2)13-14-11-15(17)12-14/h14-15H,3-13H2,1-2H3. The summed E-state index contributed by atoms with van der Waals surface area (Å²) >= 11 is 3.60. The minimum atomic E-state index is 0.339. The molecule has 0 heterocycles. The van der Waals surface area contributed by atoms with Crippen molar-refractivity contribution in [3.8, 4) is 0 Å². The second-order valence-corrected chi connectivity index (χ2v) is 7.38. The molecule has 0 atom stereocenters. The summed E-state index contributed by atoms with van der Waals surface area (Å²) in [5.74, 6) is 1.07. The molecule has 0 unspecified atom stereocenters. The molecule has 19 heavy (non-hydrogen) atoms. The Hall–Kier alpha value is -0.0500.